The second-order valence-electron chi connectivity index (χ2n) is 7.26. The number of hydrogen-bond acceptors (Lipinski definition) is 5. The minimum Gasteiger partial charge on any atom is -0.394 e. The topological polar surface area (TPSA) is 101 Å². The van der Waals surface area contributed by atoms with Crippen LogP contribution in [0.2, 0.25) is 0 Å². The maximum absolute atomic E-state index is 10.0. The number of unbranched alkanes of at least 4 members (excludes halogenated alkanes) is 6. The Hall–Kier alpha value is -0.240. The molecule has 0 heterocycles. The first-order valence-corrected chi connectivity index (χ1v) is 8.90. The Morgan fingerprint density at radius 1 is 0.739 bits per heavy atom. The van der Waals surface area contributed by atoms with Gasteiger partial charge in [-0.15, -0.1) is 0 Å². The second-order valence-corrected chi connectivity index (χ2v) is 7.26. The fourth-order valence-corrected chi connectivity index (χ4v) is 2.77. The first kappa shape index (κ1) is 22.8. The van der Waals surface area contributed by atoms with Crippen molar-refractivity contribution in [2.45, 2.75) is 76.3 Å². The summed E-state index contributed by atoms with van der Waals surface area (Å²) >= 11 is 0. The van der Waals surface area contributed by atoms with Crippen molar-refractivity contribution in [3.05, 3.63) is 0 Å². The van der Waals surface area contributed by atoms with Crippen LogP contribution in [0, 0.1) is 0 Å². The molecule has 0 aromatic heterocycles. The molecule has 5 N–H and O–H groups in total. The summed E-state index contributed by atoms with van der Waals surface area (Å²) in [4.78, 5) is 0. The van der Waals surface area contributed by atoms with Gasteiger partial charge in [0.05, 0.1) is 27.2 Å². The van der Waals surface area contributed by atoms with Crippen molar-refractivity contribution in [2.75, 3.05) is 33.8 Å². The number of rotatable bonds is 14. The normalized spacial score (nSPS) is 17.7. The Labute approximate surface area is 141 Å². The van der Waals surface area contributed by atoms with E-state index < -0.39 is 31.0 Å². The first-order chi connectivity index (χ1) is 10.7. The van der Waals surface area contributed by atoms with Crippen molar-refractivity contribution in [3.8, 4) is 0 Å². The average Bonchev–Trinajstić information content (AvgIpc) is 2.51. The Morgan fingerprint density at radius 2 is 1.22 bits per heavy atom. The summed E-state index contributed by atoms with van der Waals surface area (Å²) in [7, 11) is 3.95. The summed E-state index contributed by atoms with van der Waals surface area (Å²) in [5, 5.41) is 47.7. The van der Waals surface area contributed by atoms with E-state index in [9.17, 15) is 20.4 Å². The summed E-state index contributed by atoms with van der Waals surface area (Å²) in [6, 6.07) is 0. The third-order valence-electron chi connectivity index (χ3n) is 4.37. The molecule has 0 unspecified atom stereocenters. The van der Waals surface area contributed by atoms with Gasteiger partial charge in [-0.05, 0) is 12.8 Å². The molecule has 0 aliphatic rings. The van der Waals surface area contributed by atoms with Crippen LogP contribution in [0.15, 0.2) is 0 Å². The van der Waals surface area contributed by atoms with Crippen LogP contribution in [0.5, 0.6) is 0 Å². The predicted octanol–water partition coefficient (Wildman–Crippen LogP) is 0.249. The lowest BCUT2D eigenvalue weighted by atomic mass is 10.0. The Bertz CT molecular complexity index is 288. The molecule has 0 rings (SSSR count). The molecule has 0 fully saturated rings. The van der Waals surface area contributed by atoms with E-state index in [0.717, 1.165) is 19.4 Å². The van der Waals surface area contributed by atoms with Crippen LogP contribution in [0.1, 0.15) is 51.9 Å². The fraction of sp³-hybridized carbons (Fsp3) is 1.00. The van der Waals surface area contributed by atoms with E-state index in [0.29, 0.717) is 4.48 Å². The molecule has 0 saturated carbocycles. The molecular weight excluding hydrogens is 298 g/mol. The molecule has 0 aliphatic heterocycles. The fourth-order valence-electron chi connectivity index (χ4n) is 2.77. The van der Waals surface area contributed by atoms with E-state index in [4.69, 9.17) is 5.11 Å². The van der Waals surface area contributed by atoms with Gasteiger partial charge in [0.25, 0.3) is 0 Å². The van der Waals surface area contributed by atoms with Gasteiger partial charge in [-0.3, -0.25) is 0 Å². The van der Waals surface area contributed by atoms with Crippen molar-refractivity contribution in [3.63, 3.8) is 0 Å². The summed E-state index contributed by atoms with van der Waals surface area (Å²) < 4.78 is 0.537. The van der Waals surface area contributed by atoms with E-state index in [1.807, 2.05) is 14.1 Å². The van der Waals surface area contributed by atoms with E-state index in [2.05, 4.69) is 6.92 Å². The van der Waals surface area contributed by atoms with Crippen molar-refractivity contribution in [2.24, 2.45) is 0 Å². The molecular formula is C17H38NO5+. The number of aliphatic hydroxyl groups excluding tert-OH is 5. The predicted molar refractivity (Wildman–Crippen MR) is 90.9 cm³/mol. The molecule has 6 nitrogen and oxygen atoms in total. The number of nitrogens with zero attached hydrogens (tertiary/aromatic N) is 1. The average molecular weight is 336 g/mol. The van der Waals surface area contributed by atoms with E-state index in [1.54, 1.807) is 0 Å². The summed E-state index contributed by atoms with van der Waals surface area (Å²) in [5.41, 5.74) is 0. The van der Waals surface area contributed by atoms with Crippen LogP contribution in [-0.2, 0) is 0 Å². The molecule has 0 aliphatic carbocycles. The Morgan fingerprint density at radius 3 is 1.74 bits per heavy atom. The highest BCUT2D eigenvalue weighted by molar-refractivity contribution is 4.80. The molecule has 23 heavy (non-hydrogen) atoms. The molecule has 6 heteroatoms. The maximum atomic E-state index is 10.0. The largest absolute Gasteiger partial charge is 0.394 e. The Balaban J connectivity index is 4.04. The lowest BCUT2D eigenvalue weighted by Gasteiger charge is -2.34. The molecule has 0 aromatic carbocycles. The number of quaternary nitrogens is 1. The first-order valence-electron chi connectivity index (χ1n) is 8.90. The van der Waals surface area contributed by atoms with Crippen LogP contribution in [-0.4, -0.2) is 88.2 Å². The van der Waals surface area contributed by atoms with E-state index in [-0.39, 0.29) is 6.54 Å². The molecule has 0 amide bonds. The van der Waals surface area contributed by atoms with Gasteiger partial charge in [-0.1, -0.05) is 39.0 Å². The number of aliphatic hydroxyl groups is 5. The third-order valence-corrected chi connectivity index (χ3v) is 4.37. The highest BCUT2D eigenvalue weighted by Gasteiger charge is 2.33. The van der Waals surface area contributed by atoms with Crippen LogP contribution in [0.25, 0.3) is 0 Å². The van der Waals surface area contributed by atoms with Gasteiger partial charge >= 0.3 is 0 Å². The molecule has 0 saturated heterocycles. The van der Waals surface area contributed by atoms with Gasteiger partial charge in [0.2, 0.25) is 0 Å². The smallest absolute Gasteiger partial charge is 0.131 e. The van der Waals surface area contributed by atoms with E-state index in [1.165, 1.54) is 32.1 Å². The SMILES string of the molecule is CCCCCCCCC[N+](C)(C)C[C@H](O)[C@@H](O)[C@H](O)[C@H](O)CO. The summed E-state index contributed by atoms with van der Waals surface area (Å²) in [5.74, 6) is 0. The quantitative estimate of drug-likeness (QED) is 0.231. The van der Waals surface area contributed by atoms with Gasteiger partial charge in [-0.2, -0.15) is 0 Å². The van der Waals surface area contributed by atoms with Crippen LogP contribution < -0.4 is 0 Å². The number of likely N-dealkylation sites (N-methyl/N-ethyl adjacent to an activating group) is 1. The zero-order valence-electron chi connectivity index (χ0n) is 15.1. The monoisotopic (exact) mass is 336 g/mol. The summed E-state index contributed by atoms with van der Waals surface area (Å²) in [6.07, 6.45) is 2.96. The van der Waals surface area contributed by atoms with E-state index >= 15 is 0 Å². The van der Waals surface area contributed by atoms with Gasteiger partial charge in [-0.25, -0.2) is 0 Å². The highest BCUT2D eigenvalue weighted by atomic mass is 16.4. The van der Waals surface area contributed by atoms with Crippen molar-refractivity contribution < 1.29 is 30.0 Å². The third kappa shape index (κ3) is 10.3. The van der Waals surface area contributed by atoms with Crippen molar-refractivity contribution >= 4 is 0 Å². The molecule has 0 spiro atoms. The van der Waals surface area contributed by atoms with Gasteiger partial charge in [0.15, 0.2) is 0 Å². The van der Waals surface area contributed by atoms with Gasteiger partial charge < -0.3 is 30.0 Å². The maximum Gasteiger partial charge on any atom is 0.131 e. The second kappa shape index (κ2) is 12.2. The van der Waals surface area contributed by atoms with Crippen LogP contribution in [0.3, 0.4) is 0 Å². The zero-order chi connectivity index (χ0) is 17.9. The summed E-state index contributed by atoms with van der Waals surface area (Å²) in [6.45, 7) is 2.72. The molecule has 140 valence electrons. The highest BCUT2D eigenvalue weighted by Crippen LogP contribution is 2.12. The minimum atomic E-state index is -1.55. The lowest BCUT2D eigenvalue weighted by molar-refractivity contribution is -0.894. The van der Waals surface area contributed by atoms with Gasteiger partial charge in [0.1, 0.15) is 31.0 Å². The Kier molecular flexibility index (Phi) is 12.0. The molecule has 0 bridgehead atoms. The standard InChI is InChI=1S/C17H38NO5/c1-4-5-6-7-8-9-10-11-18(2,3)12-14(20)16(22)17(23)15(21)13-19/h14-17,19-23H,4-13H2,1-3H3/q+1/t14-,15+,16+,17+/m0/s1. The van der Waals surface area contributed by atoms with Crippen molar-refractivity contribution in [1.82, 2.24) is 0 Å². The molecule has 0 aromatic rings. The molecule has 4 atom stereocenters. The van der Waals surface area contributed by atoms with Crippen LogP contribution in [0.4, 0.5) is 0 Å². The minimum absolute atomic E-state index is 0.284. The van der Waals surface area contributed by atoms with Gasteiger partial charge in [0, 0.05) is 0 Å². The van der Waals surface area contributed by atoms with Crippen molar-refractivity contribution in [1.29, 1.82) is 0 Å². The number of hydrogen-bond donors (Lipinski definition) is 5. The van der Waals surface area contributed by atoms with Crippen LogP contribution >= 0.6 is 0 Å². The molecule has 0 radical (unpaired) electrons. The lowest BCUT2D eigenvalue weighted by Crippen LogP contribution is -2.54. The zero-order valence-corrected chi connectivity index (χ0v) is 15.1.